The lowest BCUT2D eigenvalue weighted by molar-refractivity contribution is 0.229. The monoisotopic (exact) mass is 336 g/mol. The van der Waals surface area contributed by atoms with Gasteiger partial charge in [0.15, 0.2) is 0 Å². The number of hydrogen-bond donors (Lipinski definition) is 0. The standard InChI is InChI=1S/C20H24N4O/c1-4-24(14-16-10-12-18(13-11-16)23(2)3)15-19-21-20(22-25-19)17-8-6-5-7-9-17/h5-13H,4,14-15H2,1-3H3. The van der Waals surface area contributed by atoms with Crippen LogP contribution < -0.4 is 4.90 Å². The summed E-state index contributed by atoms with van der Waals surface area (Å²) < 4.78 is 5.43. The van der Waals surface area contributed by atoms with Crippen LogP contribution in [0.5, 0.6) is 0 Å². The number of aromatic nitrogens is 2. The van der Waals surface area contributed by atoms with E-state index in [0.29, 0.717) is 18.3 Å². The van der Waals surface area contributed by atoms with Gasteiger partial charge < -0.3 is 9.42 Å². The van der Waals surface area contributed by atoms with Crippen molar-refractivity contribution in [2.75, 3.05) is 25.5 Å². The number of nitrogens with zero attached hydrogens (tertiary/aromatic N) is 4. The lowest BCUT2D eigenvalue weighted by Gasteiger charge is -2.19. The average Bonchev–Trinajstić information content (AvgIpc) is 3.11. The topological polar surface area (TPSA) is 45.4 Å². The summed E-state index contributed by atoms with van der Waals surface area (Å²) in [6.07, 6.45) is 0. The van der Waals surface area contributed by atoms with Crippen molar-refractivity contribution in [3.8, 4) is 11.4 Å². The van der Waals surface area contributed by atoms with Crippen LogP contribution in [-0.2, 0) is 13.1 Å². The van der Waals surface area contributed by atoms with E-state index in [9.17, 15) is 0 Å². The number of anilines is 1. The van der Waals surface area contributed by atoms with Crippen LogP contribution in [0, 0.1) is 0 Å². The molecule has 0 aliphatic rings. The van der Waals surface area contributed by atoms with Crippen molar-refractivity contribution in [1.82, 2.24) is 15.0 Å². The summed E-state index contributed by atoms with van der Waals surface area (Å²) in [5.41, 5.74) is 3.45. The zero-order chi connectivity index (χ0) is 17.6. The summed E-state index contributed by atoms with van der Waals surface area (Å²) in [5.74, 6) is 1.28. The number of benzene rings is 2. The highest BCUT2D eigenvalue weighted by atomic mass is 16.5. The predicted molar refractivity (Wildman–Crippen MR) is 100 cm³/mol. The first-order valence-electron chi connectivity index (χ1n) is 8.52. The molecule has 0 amide bonds. The molecule has 0 aliphatic heterocycles. The van der Waals surface area contributed by atoms with Gasteiger partial charge in [0.1, 0.15) is 0 Å². The van der Waals surface area contributed by atoms with Gasteiger partial charge in [0.25, 0.3) is 0 Å². The molecule has 25 heavy (non-hydrogen) atoms. The second kappa shape index (κ2) is 7.94. The molecule has 0 bridgehead atoms. The predicted octanol–water partition coefficient (Wildman–Crippen LogP) is 3.82. The molecule has 3 aromatic rings. The molecule has 0 spiro atoms. The summed E-state index contributed by atoms with van der Waals surface area (Å²) >= 11 is 0. The van der Waals surface area contributed by atoms with Gasteiger partial charge in [-0.05, 0) is 24.2 Å². The number of rotatable bonds is 7. The second-order valence-corrected chi connectivity index (χ2v) is 6.24. The van der Waals surface area contributed by atoms with Crippen LogP contribution in [0.3, 0.4) is 0 Å². The molecule has 0 saturated heterocycles. The molecular weight excluding hydrogens is 312 g/mol. The van der Waals surface area contributed by atoms with Gasteiger partial charge in [-0.3, -0.25) is 4.90 Å². The minimum atomic E-state index is 0.641. The maximum atomic E-state index is 5.43. The largest absolute Gasteiger partial charge is 0.378 e. The van der Waals surface area contributed by atoms with Crippen LogP contribution in [0.1, 0.15) is 18.4 Å². The highest BCUT2D eigenvalue weighted by Crippen LogP contribution is 2.17. The third-order valence-corrected chi connectivity index (χ3v) is 4.17. The highest BCUT2D eigenvalue weighted by molar-refractivity contribution is 5.53. The Kier molecular flexibility index (Phi) is 5.46. The van der Waals surface area contributed by atoms with Gasteiger partial charge >= 0.3 is 0 Å². The van der Waals surface area contributed by atoms with Gasteiger partial charge in [0, 0.05) is 31.9 Å². The fourth-order valence-corrected chi connectivity index (χ4v) is 2.65. The summed E-state index contributed by atoms with van der Waals surface area (Å²) in [6.45, 7) is 4.56. The zero-order valence-corrected chi connectivity index (χ0v) is 15.0. The van der Waals surface area contributed by atoms with Crippen molar-refractivity contribution in [2.24, 2.45) is 0 Å². The molecule has 2 aromatic carbocycles. The van der Waals surface area contributed by atoms with Crippen LogP contribution >= 0.6 is 0 Å². The van der Waals surface area contributed by atoms with E-state index in [2.05, 4.69) is 51.1 Å². The van der Waals surface area contributed by atoms with Gasteiger partial charge in [-0.2, -0.15) is 4.98 Å². The molecule has 130 valence electrons. The molecular formula is C20H24N4O. The summed E-state index contributed by atoms with van der Waals surface area (Å²) in [7, 11) is 4.10. The van der Waals surface area contributed by atoms with Crippen molar-refractivity contribution in [3.63, 3.8) is 0 Å². The smallest absolute Gasteiger partial charge is 0.241 e. The van der Waals surface area contributed by atoms with Crippen LogP contribution in [0.2, 0.25) is 0 Å². The molecule has 0 atom stereocenters. The van der Waals surface area contributed by atoms with Crippen molar-refractivity contribution in [3.05, 3.63) is 66.1 Å². The van der Waals surface area contributed by atoms with Crippen LogP contribution in [0.25, 0.3) is 11.4 Å². The Labute approximate surface area is 148 Å². The van der Waals surface area contributed by atoms with Gasteiger partial charge in [0.2, 0.25) is 11.7 Å². The van der Waals surface area contributed by atoms with Gasteiger partial charge in [-0.1, -0.05) is 54.5 Å². The third kappa shape index (κ3) is 4.45. The molecule has 1 heterocycles. The normalized spacial score (nSPS) is 11.0. The molecule has 0 saturated carbocycles. The van der Waals surface area contributed by atoms with Gasteiger partial charge in [-0.15, -0.1) is 0 Å². The second-order valence-electron chi connectivity index (χ2n) is 6.24. The lowest BCUT2D eigenvalue weighted by Crippen LogP contribution is -2.22. The van der Waals surface area contributed by atoms with E-state index in [1.165, 1.54) is 11.3 Å². The van der Waals surface area contributed by atoms with E-state index in [4.69, 9.17) is 4.52 Å². The molecule has 1 aromatic heterocycles. The van der Waals surface area contributed by atoms with Gasteiger partial charge in [0.05, 0.1) is 6.54 Å². The van der Waals surface area contributed by atoms with Crippen LogP contribution in [0.15, 0.2) is 59.1 Å². The minimum Gasteiger partial charge on any atom is -0.378 e. The molecule has 3 rings (SSSR count). The van der Waals surface area contributed by atoms with E-state index < -0.39 is 0 Å². The van der Waals surface area contributed by atoms with Crippen molar-refractivity contribution in [1.29, 1.82) is 0 Å². The fourth-order valence-electron chi connectivity index (χ4n) is 2.65. The van der Waals surface area contributed by atoms with Crippen LogP contribution in [-0.4, -0.2) is 35.7 Å². The van der Waals surface area contributed by atoms with E-state index in [1.54, 1.807) is 0 Å². The third-order valence-electron chi connectivity index (χ3n) is 4.17. The Bertz CT molecular complexity index is 781. The van der Waals surface area contributed by atoms with Crippen molar-refractivity contribution in [2.45, 2.75) is 20.0 Å². The Morgan fingerprint density at radius 2 is 1.64 bits per heavy atom. The highest BCUT2D eigenvalue weighted by Gasteiger charge is 2.12. The zero-order valence-electron chi connectivity index (χ0n) is 15.0. The van der Waals surface area contributed by atoms with E-state index in [1.807, 2.05) is 44.4 Å². The summed E-state index contributed by atoms with van der Waals surface area (Å²) in [6, 6.07) is 18.5. The Morgan fingerprint density at radius 3 is 2.28 bits per heavy atom. The van der Waals surface area contributed by atoms with Crippen LogP contribution in [0.4, 0.5) is 5.69 Å². The molecule has 0 unspecified atom stereocenters. The first-order chi connectivity index (χ1) is 12.2. The SMILES string of the molecule is CCN(Cc1ccc(N(C)C)cc1)Cc1nc(-c2ccccc2)no1. The number of hydrogen-bond acceptors (Lipinski definition) is 5. The molecule has 5 heteroatoms. The molecule has 5 nitrogen and oxygen atoms in total. The molecule has 0 radical (unpaired) electrons. The first-order valence-corrected chi connectivity index (χ1v) is 8.52. The minimum absolute atomic E-state index is 0.641. The van der Waals surface area contributed by atoms with E-state index in [0.717, 1.165) is 18.7 Å². The lowest BCUT2D eigenvalue weighted by atomic mass is 10.2. The fraction of sp³-hybridized carbons (Fsp3) is 0.300. The quantitative estimate of drug-likeness (QED) is 0.656. The molecule has 0 fully saturated rings. The average molecular weight is 336 g/mol. The molecule has 0 aliphatic carbocycles. The summed E-state index contributed by atoms with van der Waals surface area (Å²) in [4.78, 5) is 8.91. The van der Waals surface area contributed by atoms with Crippen molar-refractivity contribution < 1.29 is 4.52 Å². The Morgan fingerprint density at radius 1 is 0.920 bits per heavy atom. The Balaban J connectivity index is 1.65. The maximum Gasteiger partial charge on any atom is 0.241 e. The Hall–Kier alpha value is -2.66. The first kappa shape index (κ1) is 17.2. The van der Waals surface area contributed by atoms with Crippen molar-refractivity contribution >= 4 is 5.69 Å². The molecule has 0 N–H and O–H groups in total. The maximum absolute atomic E-state index is 5.43. The van der Waals surface area contributed by atoms with Gasteiger partial charge in [-0.25, -0.2) is 0 Å². The summed E-state index contributed by atoms with van der Waals surface area (Å²) in [5, 5.41) is 4.09. The van der Waals surface area contributed by atoms with E-state index >= 15 is 0 Å². The van der Waals surface area contributed by atoms with E-state index in [-0.39, 0.29) is 0 Å².